The van der Waals surface area contributed by atoms with Gasteiger partial charge in [-0.1, -0.05) is 6.07 Å². The summed E-state index contributed by atoms with van der Waals surface area (Å²) < 4.78 is 1.74. The lowest BCUT2D eigenvalue weighted by atomic mass is 10.3. The number of carbonyl (C=O) groups excluding carboxylic acids is 1. The van der Waals surface area contributed by atoms with Crippen LogP contribution in [0.4, 0.5) is 17.1 Å². The van der Waals surface area contributed by atoms with Crippen LogP contribution in [0.5, 0.6) is 0 Å². The van der Waals surface area contributed by atoms with Crippen molar-refractivity contribution in [1.29, 1.82) is 0 Å². The molecule has 1 aromatic carbocycles. The lowest BCUT2D eigenvalue weighted by molar-refractivity contribution is -0.684. The molecule has 0 bridgehead atoms. The van der Waals surface area contributed by atoms with E-state index in [9.17, 15) is 14.9 Å². The summed E-state index contributed by atoms with van der Waals surface area (Å²) >= 11 is 0. The van der Waals surface area contributed by atoms with Crippen LogP contribution in [0.15, 0.2) is 48.8 Å². The van der Waals surface area contributed by atoms with Gasteiger partial charge in [-0.25, -0.2) is 0 Å². The molecule has 7 nitrogen and oxygen atoms in total. The molecule has 1 heterocycles. The van der Waals surface area contributed by atoms with E-state index in [4.69, 9.17) is 0 Å². The lowest BCUT2D eigenvalue weighted by Crippen LogP contribution is -2.39. The molecule has 7 heteroatoms. The standard InChI is InChI=1S/C15H16N4O3/c1-17(2)13-6-8-18(9-7-13)11-15(20)16-12-4-3-5-14(10-12)19(21)22/h3-10H,11H2,1-2H3/p+1. The molecule has 0 unspecified atom stereocenters. The molecule has 114 valence electrons. The van der Waals surface area contributed by atoms with Gasteiger partial charge < -0.3 is 10.2 Å². The van der Waals surface area contributed by atoms with Crippen LogP contribution in [0.3, 0.4) is 0 Å². The number of rotatable bonds is 5. The summed E-state index contributed by atoms with van der Waals surface area (Å²) in [5.41, 5.74) is 1.39. The number of non-ortho nitro benzene ring substituents is 1. The number of nitrogens with one attached hydrogen (secondary N) is 1. The average molecular weight is 301 g/mol. The Morgan fingerprint density at radius 1 is 1.27 bits per heavy atom. The van der Waals surface area contributed by atoms with E-state index in [2.05, 4.69) is 5.32 Å². The second-order valence-corrected chi connectivity index (χ2v) is 4.98. The van der Waals surface area contributed by atoms with Gasteiger partial charge in [0.25, 0.3) is 11.6 Å². The number of carbonyl (C=O) groups is 1. The summed E-state index contributed by atoms with van der Waals surface area (Å²) in [5, 5.41) is 13.4. The van der Waals surface area contributed by atoms with Crippen LogP contribution in [0, 0.1) is 10.1 Å². The van der Waals surface area contributed by atoms with Gasteiger partial charge in [0.1, 0.15) is 0 Å². The van der Waals surface area contributed by atoms with Crippen molar-refractivity contribution in [2.24, 2.45) is 0 Å². The summed E-state index contributed by atoms with van der Waals surface area (Å²) in [6.45, 7) is 0.135. The monoisotopic (exact) mass is 301 g/mol. The van der Waals surface area contributed by atoms with Gasteiger partial charge in [-0.2, -0.15) is 4.57 Å². The van der Waals surface area contributed by atoms with E-state index in [1.54, 1.807) is 10.6 Å². The molecule has 0 fully saturated rings. The maximum Gasteiger partial charge on any atom is 0.290 e. The van der Waals surface area contributed by atoms with Crippen LogP contribution in [0.25, 0.3) is 0 Å². The first-order valence-electron chi connectivity index (χ1n) is 6.66. The first kappa shape index (κ1) is 15.4. The van der Waals surface area contributed by atoms with Gasteiger partial charge in [-0.15, -0.1) is 0 Å². The molecule has 2 rings (SSSR count). The summed E-state index contributed by atoms with van der Waals surface area (Å²) in [5.74, 6) is -0.247. The van der Waals surface area contributed by atoms with Crippen molar-refractivity contribution in [3.63, 3.8) is 0 Å². The number of hydrogen-bond acceptors (Lipinski definition) is 4. The Balaban J connectivity index is 2.00. The van der Waals surface area contributed by atoms with Crippen LogP contribution < -0.4 is 14.8 Å². The Hall–Kier alpha value is -2.96. The molecule has 1 amide bonds. The summed E-state index contributed by atoms with van der Waals surface area (Å²) in [6, 6.07) is 9.67. The van der Waals surface area contributed by atoms with E-state index in [-0.39, 0.29) is 18.1 Å². The van der Waals surface area contributed by atoms with E-state index in [0.29, 0.717) is 5.69 Å². The number of amides is 1. The minimum atomic E-state index is -0.496. The molecule has 1 aromatic heterocycles. The quantitative estimate of drug-likeness (QED) is 0.516. The predicted octanol–water partition coefficient (Wildman–Crippen LogP) is 1.59. The largest absolute Gasteiger partial charge is 0.377 e. The zero-order chi connectivity index (χ0) is 16.1. The van der Waals surface area contributed by atoms with Crippen molar-refractivity contribution in [2.45, 2.75) is 6.54 Å². The summed E-state index contributed by atoms with van der Waals surface area (Å²) in [7, 11) is 3.88. The molecule has 0 aliphatic heterocycles. The van der Waals surface area contributed by atoms with Crippen LogP contribution in [-0.4, -0.2) is 24.9 Å². The predicted molar refractivity (Wildman–Crippen MR) is 82.7 cm³/mol. The van der Waals surface area contributed by atoms with Crippen LogP contribution in [-0.2, 0) is 11.3 Å². The molecular formula is C15H17N4O3+. The van der Waals surface area contributed by atoms with E-state index in [1.165, 1.54) is 18.2 Å². The third-order valence-corrected chi connectivity index (χ3v) is 3.06. The Bertz CT molecular complexity index is 683. The fourth-order valence-electron chi connectivity index (χ4n) is 1.92. The fourth-order valence-corrected chi connectivity index (χ4v) is 1.92. The Morgan fingerprint density at radius 2 is 1.95 bits per heavy atom. The normalized spacial score (nSPS) is 10.1. The third-order valence-electron chi connectivity index (χ3n) is 3.06. The Labute approximate surface area is 128 Å². The number of hydrogen-bond donors (Lipinski definition) is 1. The highest BCUT2D eigenvalue weighted by atomic mass is 16.6. The molecular weight excluding hydrogens is 284 g/mol. The molecule has 2 aromatic rings. The van der Waals surface area contributed by atoms with Crippen molar-refractivity contribution in [1.82, 2.24) is 0 Å². The number of nitrogens with zero attached hydrogens (tertiary/aromatic N) is 3. The van der Waals surface area contributed by atoms with Crippen LogP contribution in [0.1, 0.15) is 0 Å². The first-order valence-corrected chi connectivity index (χ1v) is 6.66. The minimum Gasteiger partial charge on any atom is -0.377 e. The Morgan fingerprint density at radius 3 is 2.55 bits per heavy atom. The SMILES string of the molecule is CN(C)c1cc[n+](CC(=O)Nc2cccc([N+](=O)[O-])c2)cc1. The molecule has 0 saturated carbocycles. The van der Waals surface area contributed by atoms with Gasteiger partial charge in [-0.3, -0.25) is 14.9 Å². The van der Waals surface area contributed by atoms with Gasteiger partial charge in [0.2, 0.25) is 6.54 Å². The minimum absolute atomic E-state index is 0.0548. The van der Waals surface area contributed by atoms with Crippen molar-refractivity contribution in [2.75, 3.05) is 24.3 Å². The molecule has 1 N–H and O–H groups in total. The van der Waals surface area contributed by atoms with Gasteiger partial charge in [0.05, 0.1) is 4.92 Å². The van der Waals surface area contributed by atoms with Crippen molar-refractivity contribution >= 4 is 23.0 Å². The summed E-state index contributed by atoms with van der Waals surface area (Å²) in [6.07, 6.45) is 3.62. The molecule has 0 aliphatic carbocycles. The molecule has 0 saturated heterocycles. The molecule has 0 radical (unpaired) electrons. The van der Waals surface area contributed by atoms with E-state index < -0.39 is 4.92 Å². The molecule has 0 aliphatic rings. The highest BCUT2D eigenvalue weighted by Gasteiger charge is 2.12. The maximum absolute atomic E-state index is 12.0. The highest BCUT2D eigenvalue weighted by molar-refractivity contribution is 5.90. The zero-order valence-electron chi connectivity index (χ0n) is 12.4. The number of anilines is 2. The zero-order valence-corrected chi connectivity index (χ0v) is 12.4. The smallest absolute Gasteiger partial charge is 0.290 e. The number of nitro groups is 1. The van der Waals surface area contributed by atoms with Gasteiger partial charge in [-0.05, 0) is 6.07 Å². The molecule has 22 heavy (non-hydrogen) atoms. The average Bonchev–Trinajstić information content (AvgIpc) is 2.47. The van der Waals surface area contributed by atoms with Gasteiger partial charge in [0, 0.05) is 49.7 Å². The van der Waals surface area contributed by atoms with Gasteiger partial charge in [0.15, 0.2) is 12.4 Å². The summed E-state index contributed by atoms with van der Waals surface area (Å²) in [4.78, 5) is 24.1. The number of nitro benzene ring substituents is 1. The van der Waals surface area contributed by atoms with Gasteiger partial charge >= 0.3 is 0 Å². The van der Waals surface area contributed by atoms with E-state index >= 15 is 0 Å². The lowest BCUT2D eigenvalue weighted by Gasteiger charge is -2.10. The number of benzene rings is 1. The van der Waals surface area contributed by atoms with Crippen LogP contribution in [0.2, 0.25) is 0 Å². The Kier molecular flexibility index (Phi) is 4.67. The first-order chi connectivity index (χ1) is 10.5. The highest BCUT2D eigenvalue weighted by Crippen LogP contribution is 2.16. The van der Waals surface area contributed by atoms with Crippen LogP contribution >= 0.6 is 0 Å². The third kappa shape index (κ3) is 4.02. The molecule has 0 spiro atoms. The second kappa shape index (κ2) is 6.66. The van der Waals surface area contributed by atoms with Crippen molar-refractivity contribution < 1.29 is 14.3 Å². The maximum atomic E-state index is 12.0. The fraction of sp³-hybridized carbons (Fsp3) is 0.200. The number of aromatic nitrogens is 1. The van der Waals surface area contributed by atoms with E-state index in [0.717, 1.165) is 5.69 Å². The van der Waals surface area contributed by atoms with Crippen molar-refractivity contribution in [3.05, 3.63) is 58.9 Å². The second-order valence-electron chi connectivity index (χ2n) is 4.98. The molecule has 0 atom stereocenters. The van der Waals surface area contributed by atoms with Crippen molar-refractivity contribution in [3.8, 4) is 0 Å². The number of pyridine rings is 1. The topological polar surface area (TPSA) is 79.4 Å². The van der Waals surface area contributed by atoms with E-state index in [1.807, 2.05) is 43.5 Å².